The maximum absolute atomic E-state index is 10.6. The number of Topliss-reactive ketones (excluding diaryl/α,β-unsaturated/α-hetero) is 1. The van der Waals surface area contributed by atoms with Crippen LogP contribution in [0.5, 0.6) is 0 Å². The first-order valence-electron chi connectivity index (χ1n) is 3.70. The summed E-state index contributed by atoms with van der Waals surface area (Å²) in [6.07, 6.45) is 5.32. The molecular formula is C9H15NO. The van der Waals surface area contributed by atoms with E-state index in [1.54, 1.807) is 0 Å². The Bertz CT molecular complexity index is 171. The molecule has 0 aromatic carbocycles. The molecule has 11 heavy (non-hydrogen) atoms. The van der Waals surface area contributed by atoms with Crippen LogP contribution in [-0.4, -0.2) is 17.9 Å². The Balaban J connectivity index is 3.45. The number of hydrogen-bond donors (Lipinski definition) is 1. The third-order valence-electron chi connectivity index (χ3n) is 1.17. The molecule has 0 saturated carbocycles. The van der Waals surface area contributed by atoms with Crippen LogP contribution in [-0.2, 0) is 4.79 Å². The Hall–Kier alpha value is -0.810. The van der Waals surface area contributed by atoms with Crippen molar-refractivity contribution < 1.29 is 4.79 Å². The first-order chi connectivity index (χ1) is 4.95. The molecule has 0 radical (unpaired) electrons. The molecule has 0 saturated heterocycles. The normalized spacial score (nSPS) is 10.7. The summed E-state index contributed by atoms with van der Waals surface area (Å²) in [6, 6.07) is 0. The average Bonchev–Trinajstić information content (AvgIpc) is 1.85. The fourth-order valence-corrected chi connectivity index (χ4v) is 0.623. The lowest BCUT2D eigenvalue weighted by molar-refractivity contribution is -0.113. The summed E-state index contributed by atoms with van der Waals surface area (Å²) in [5.41, 5.74) is 0.0644. The van der Waals surface area contributed by atoms with Gasteiger partial charge in [-0.05, 0) is 26.7 Å². The van der Waals surface area contributed by atoms with Gasteiger partial charge in [-0.1, -0.05) is 0 Å². The molecule has 0 unspecified atom stereocenters. The van der Waals surface area contributed by atoms with Crippen molar-refractivity contribution in [2.24, 2.45) is 0 Å². The van der Waals surface area contributed by atoms with Crippen molar-refractivity contribution in [3.05, 3.63) is 0 Å². The van der Waals surface area contributed by atoms with Gasteiger partial charge in [-0.25, -0.2) is 0 Å². The molecule has 2 heteroatoms. The van der Waals surface area contributed by atoms with Gasteiger partial charge in [0.05, 0.1) is 0 Å². The molecular weight excluding hydrogens is 138 g/mol. The van der Waals surface area contributed by atoms with Crippen LogP contribution in [0.3, 0.4) is 0 Å². The minimum absolute atomic E-state index is 0.0644. The molecule has 0 bridgehead atoms. The Labute approximate surface area is 68.4 Å². The van der Waals surface area contributed by atoms with Crippen molar-refractivity contribution in [3.8, 4) is 12.3 Å². The van der Waals surface area contributed by atoms with Gasteiger partial charge in [0.25, 0.3) is 0 Å². The van der Waals surface area contributed by atoms with E-state index < -0.39 is 0 Å². The summed E-state index contributed by atoms with van der Waals surface area (Å²) in [7, 11) is 0. The van der Waals surface area contributed by atoms with Gasteiger partial charge in [-0.3, -0.25) is 4.79 Å². The Kier molecular flexibility index (Phi) is 3.84. The monoisotopic (exact) mass is 153 g/mol. The Morgan fingerprint density at radius 1 is 1.55 bits per heavy atom. The zero-order valence-electron chi connectivity index (χ0n) is 7.40. The van der Waals surface area contributed by atoms with Crippen molar-refractivity contribution in [3.63, 3.8) is 0 Å². The number of carbonyl (C=O) groups excluding carboxylic acids is 1. The molecule has 0 aliphatic rings. The standard InChI is InChI=1S/C9H15NO/c1-5-8(11)6-7-10-9(2,3)4/h1,10H,6-7H2,2-4H3. The number of hydrogen-bond acceptors (Lipinski definition) is 2. The lowest BCUT2D eigenvalue weighted by Crippen LogP contribution is -2.37. The van der Waals surface area contributed by atoms with Gasteiger partial charge >= 0.3 is 0 Å². The second-order valence-corrected chi connectivity index (χ2v) is 3.49. The summed E-state index contributed by atoms with van der Waals surface area (Å²) < 4.78 is 0. The van der Waals surface area contributed by atoms with E-state index in [1.165, 1.54) is 0 Å². The number of nitrogens with one attached hydrogen (secondary N) is 1. The Morgan fingerprint density at radius 3 is 2.45 bits per heavy atom. The molecule has 0 rings (SSSR count). The van der Waals surface area contributed by atoms with Crippen LogP contribution in [0.15, 0.2) is 0 Å². The van der Waals surface area contributed by atoms with E-state index in [-0.39, 0.29) is 11.3 Å². The molecule has 0 amide bonds. The fourth-order valence-electron chi connectivity index (χ4n) is 0.623. The highest BCUT2D eigenvalue weighted by Crippen LogP contribution is 1.97. The predicted molar refractivity (Wildman–Crippen MR) is 46.2 cm³/mol. The Morgan fingerprint density at radius 2 is 2.09 bits per heavy atom. The zero-order valence-corrected chi connectivity index (χ0v) is 7.40. The van der Waals surface area contributed by atoms with Crippen LogP contribution < -0.4 is 5.32 Å². The molecule has 2 nitrogen and oxygen atoms in total. The summed E-state index contributed by atoms with van der Waals surface area (Å²) in [6.45, 7) is 6.81. The number of terminal acetylenes is 1. The highest BCUT2D eigenvalue weighted by atomic mass is 16.1. The van der Waals surface area contributed by atoms with Crippen LogP contribution in [0.2, 0.25) is 0 Å². The van der Waals surface area contributed by atoms with E-state index in [0.717, 1.165) is 0 Å². The van der Waals surface area contributed by atoms with Gasteiger partial charge in [-0.15, -0.1) is 6.42 Å². The third kappa shape index (κ3) is 7.08. The lowest BCUT2D eigenvalue weighted by Gasteiger charge is -2.19. The van der Waals surface area contributed by atoms with E-state index in [0.29, 0.717) is 13.0 Å². The van der Waals surface area contributed by atoms with Gasteiger partial charge in [0.2, 0.25) is 5.78 Å². The molecule has 0 spiro atoms. The van der Waals surface area contributed by atoms with E-state index in [4.69, 9.17) is 6.42 Å². The highest BCUT2D eigenvalue weighted by Gasteiger charge is 2.08. The van der Waals surface area contributed by atoms with Gasteiger partial charge in [0.1, 0.15) is 0 Å². The summed E-state index contributed by atoms with van der Waals surface area (Å²) in [5.74, 6) is 1.94. The second-order valence-electron chi connectivity index (χ2n) is 3.49. The quantitative estimate of drug-likeness (QED) is 0.483. The molecule has 0 aromatic rings. The molecule has 62 valence electrons. The topological polar surface area (TPSA) is 29.1 Å². The van der Waals surface area contributed by atoms with Gasteiger partial charge in [-0.2, -0.15) is 0 Å². The van der Waals surface area contributed by atoms with Gasteiger partial charge < -0.3 is 5.32 Å². The zero-order chi connectivity index (χ0) is 8.91. The first kappa shape index (κ1) is 10.2. The van der Waals surface area contributed by atoms with Gasteiger partial charge in [0, 0.05) is 18.5 Å². The SMILES string of the molecule is C#CC(=O)CCNC(C)(C)C. The smallest absolute Gasteiger partial charge is 0.206 e. The summed E-state index contributed by atoms with van der Waals surface area (Å²) >= 11 is 0. The van der Waals surface area contributed by atoms with E-state index in [2.05, 4.69) is 11.2 Å². The van der Waals surface area contributed by atoms with E-state index in [9.17, 15) is 4.79 Å². The maximum Gasteiger partial charge on any atom is 0.206 e. The molecule has 0 aromatic heterocycles. The number of rotatable bonds is 3. The minimum atomic E-state index is -0.137. The van der Waals surface area contributed by atoms with Crippen molar-refractivity contribution >= 4 is 5.78 Å². The molecule has 0 atom stereocenters. The van der Waals surface area contributed by atoms with Gasteiger partial charge in [0.15, 0.2) is 0 Å². The minimum Gasteiger partial charge on any atom is -0.312 e. The van der Waals surface area contributed by atoms with E-state index in [1.807, 2.05) is 20.8 Å². The van der Waals surface area contributed by atoms with Crippen molar-refractivity contribution in [1.29, 1.82) is 0 Å². The largest absolute Gasteiger partial charge is 0.312 e. The molecule has 0 aliphatic heterocycles. The van der Waals surface area contributed by atoms with Crippen LogP contribution in [0.4, 0.5) is 0 Å². The van der Waals surface area contributed by atoms with Crippen molar-refractivity contribution in [1.82, 2.24) is 5.32 Å². The highest BCUT2D eigenvalue weighted by molar-refractivity contribution is 5.94. The van der Waals surface area contributed by atoms with E-state index >= 15 is 0 Å². The lowest BCUT2D eigenvalue weighted by atomic mass is 10.1. The molecule has 0 fully saturated rings. The number of carbonyl (C=O) groups is 1. The maximum atomic E-state index is 10.6. The molecule has 0 aliphatic carbocycles. The fraction of sp³-hybridized carbons (Fsp3) is 0.667. The first-order valence-corrected chi connectivity index (χ1v) is 3.70. The summed E-state index contributed by atoms with van der Waals surface area (Å²) in [5, 5.41) is 3.17. The number of ketones is 1. The average molecular weight is 153 g/mol. The van der Waals surface area contributed by atoms with Crippen molar-refractivity contribution in [2.75, 3.05) is 6.54 Å². The second kappa shape index (κ2) is 4.15. The predicted octanol–water partition coefficient (Wildman–Crippen LogP) is 0.967. The van der Waals surface area contributed by atoms with Crippen molar-refractivity contribution in [2.45, 2.75) is 32.7 Å². The van der Waals surface area contributed by atoms with Crippen LogP contribution in [0, 0.1) is 12.3 Å². The van der Waals surface area contributed by atoms with Crippen LogP contribution in [0.25, 0.3) is 0 Å². The summed E-state index contributed by atoms with van der Waals surface area (Å²) in [4.78, 5) is 10.6. The molecule has 0 heterocycles. The molecule has 1 N–H and O–H groups in total. The van der Waals surface area contributed by atoms with Crippen LogP contribution >= 0.6 is 0 Å². The van der Waals surface area contributed by atoms with Crippen LogP contribution in [0.1, 0.15) is 27.2 Å². The third-order valence-corrected chi connectivity index (χ3v) is 1.17.